The predicted octanol–water partition coefficient (Wildman–Crippen LogP) is 2.85. The van der Waals surface area contributed by atoms with Crippen LogP contribution in [0, 0.1) is 11.8 Å². The number of rotatable bonds is 3. The van der Waals surface area contributed by atoms with Crippen LogP contribution in [0.25, 0.3) is 0 Å². The van der Waals surface area contributed by atoms with Gasteiger partial charge in [0.1, 0.15) is 0 Å². The first kappa shape index (κ1) is 16.1. The van der Waals surface area contributed by atoms with Gasteiger partial charge in [0.2, 0.25) is 0 Å². The molecule has 2 unspecified atom stereocenters. The number of hydrogen-bond acceptors (Lipinski definition) is 2. The van der Waals surface area contributed by atoms with Crippen LogP contribution in [0.15, 0.2) is 0 Å². The Kier molecular flexibility index (Phi) is 5.88. The Balaban J connectivity index is 1.73. The molecule has 2 N–H and O–H groups in total. The number of nitrogens with zero attached hydrogens (tertiary/aromatic N) is 1. The Morgan fingerprint density at radius 3 is 2.48 bits per heavy atom. The molecular weight excluding hydrogens is 268 g/mol. The molecule has 2 aliphatic rings. The monoisotopic (exact) mass is 296 g/mol. The van der Waals surface area contributed by atoms with Gasteiger partial charge in [-0.15, -0.1) is 0 Å². The SMILES string of the molecule is CC1CCCC(NC(=O)N2CCC(CC(=O)O)CC2)CC1. The number of amides is 2. The quantitative estimate of drug-likeness (QED) is 0.787. The molecule has 0 aromatic rings. The third kappa shape index (κ3) is 5.21. The van der Waals surface area contributed by atoms with Crippen LogP contribution < -0.4 is 5.32 Å². The molecule has 1 aliphatic carbocycles. The van der Waals surface area contributed by atoms with Crippen molar-refractivity contribution < 1.29 is 14.7 Å². The van der Waals surface area contributed by atoms with Gasteiger partial charge in [0.15, 0.2) is 0 Å². The number of carbonyl (C=O) groups is 2. The minimum atomic E-state index is -0.731. The van der Waals surface area contributed by atoms with Crippen molar-refractivity contribution in [1.82, 2.24) is 10.2 Å². The van der Waals surface area contributed by atoms with Crippen LogP contribution in [0.1, 0.15) is 58.3 Å². The highest BCUT2D eigenvalue weighted by molar-refractivity contribution is 5.74. The molecule has 0 spiro atoms. The number of carbonyl (C=O) groups excluding carboxylic acids is 1. The third-order valence-corrected chi connectivity index (χ3v) is 4.95. The van der Waals surface area contributed by atoms with Crippen LogP contribution in [0.5, 0.6) is 0 Å². The van der Waals surface area contributed by atoms with Crippen molar-refractivity contribution in [3.63, 3.8) is 0 Å². The number of carboxylic acid groups (broad SMARTS) is 1. The first-order valence-corrected chi connectivity index (χ1v) is 8.32. The number of piperidine rings is 1. The number of carboxylic acids is 1. The highest BCUT2D eigenvalue weighted by Gasteiger charge is 2.26. The van der Waals surface area contributed by atoms with Gasteiger partial charge in [-0.2, -0.15) is 0 Å². The largest absolute Gasteiger partial charge is 0.481 e. The van der Waals surface area contributed by atoms with E-state index in [1.807, 2.05) is 4.90 Å². The highest BCUT2D eigenvalue weighted by Crippen LogP contribution is 2.24. The number of aliphatic carboxylic acids is 1. The minimum Gasteiger partial charge on any atom is -0.481 e. The summed E-state index contributed by atoms with van der Waals surface area (Å²) in [5.41, 5.74) is 0. The molecule has 21 heavy (non-hydrogen) atoms. The minimum absolute atomic E-state index is 0.0447. The molecule has 120 valence electrons. The van der Waals surface area contributed by atoms with Crippen molar-refractivity contribution in [2.45, 2.75) is 64.3 Å². The fraction of sp³-hybridized carbons (Fsp3) is 0.875. The van der Waals surface area contributed by atoms with E-state index < -0.39 is 5.97 Å². The first-order chi connectivity index (χ1) is 10.0. The van der Waals surface area contributed by atoms with E-state index in [1.54, 1.807) is 0 Å². The summed E-state index contributed by atoms with van der Waals surface area (Å²) in [5.74, 6) is 0.273. The molecule has 2 rings (SSSR count). The molecule has 5 heteroatoms. The second kappa shape index (κ2) is 7.66. The summed E-state index contributed by atoms with van der Waals surface area (Å²) in [7, 11) is 0. The molecule has 2 fully saturated rings. The summed E-state index contributed by atoms with van der Waals surface area (Å²) in [4.78, 5) is 24.9. The molecule has 0 radical (unpaired) electrons. The lowest BCUT2D eigenvalue weighted by molar-refractivity contribution is -0.138. The van der Waals surface area contributed by atoms with E-state index in [-0.39, 0.29) is 18.4 Å². The number of nitrogens with one attached hydrogen (secondary N) is 1. The van der Waals surface area contributed by atoms with Crippen LogP contribution >= 0.6 is 0 Å². The molecule has 2 amide bonds. The van der Waals surface area contributed by atoms with Gasteiger partial charge in [0.25, 0.3) is 0 Å². The second-order valence-corrected chi connectivity index (χ2v) is 6.79. The van der Waals surface area contributed by atoms with Crippen molar-refractivity contribution in [1.29, 1.82) is 0 Å². The van der Waals surface area contributed by atoms with Gasteiger partial charge in [-0.1, -0.05) is 19.8 Å². The van der Waals surface area contributed by atoms with Crippen molar-refractivity contribution in [3.05, 3.63) is 0 Å². The summed E-state index contributed by atoms with van der Waals surface area (Å²) in [6.07, 6.45) is 7.69. The molecule has 0 bridgehead atoms. The van der Waals surface area contributed by atoms with Gasteiger partial charge in [-0.3, -0.25) is 4.79 Å². The summed E-state index contributed by atoms with van der Waals surface area (Å²) in [5, 5.41) is 12.0. The van der Waals surface area contributed by atoms with Crippen LogP contribution in [0.4, 0.5) is 4.79 Å². The van der Waals surface area contributed by atoms with Crippen LogP contribution in [-0.2, 0) is 4.79 Å². The first-order valence-electron chi connectivity index (χ1n) is 8.32. The Bertz CT molecular complexity index is 365. The van der Waals surface area contributed by atoms with E-state index in [0.717, 1.165) is 31.6 Å². The zero-order valence-corrected chi connectivity index (χ0v) is 13.0. The Morgan fingerprint density at radius 1 is 1.10 bits per heavy atom. The van der Waals surface area contributed by atoms with Crippen molar-refractivity contribution in [2.75, 3.05) is 13.1 Å². The smallest absolute Gasteiger partial charge is 0.317 e. The fourth-order valence-electron chi connectivity index (χ4n) is 3.48. The molecule has 1 aliphatic heterocycles. The van der Waals surface area contributed by atoms with E-state index in [1.165, 1.54) is 19.3 Å². The zero-order valence-electron chi connectivity index (χ0n) is 13.0. The summed E-state index contributed by atoms with van der Waals surface area (Å²) in [6, 6.07) is 0.363. The van der Waals surface area contributed by atoms with E-state index in [4.69, 9.17) is 5.11 Å². The van der Waals surface area contributed by atoms with E-state index in [9.17, 15) is 9.59 Å². The van der Waals surface area contributed by atoms with Crippen LogP contribution in [0.3, 0.4) is 0 Å². The van der Waals surface area contributed by atoms with Crippen LogP contribution in [0.2, 0.25) is 0 Å². The molecule has 1 heterocycles. The van der Waals surface area contributed by atoms with Crippen molar-refractivity contribution in [3.8, 4) is 0 Å². The molecule has 5 nitrogen and oxygen atoms in total. The molecule has 1 saturated carbocycles. The number of urea groups is 1. The standard InChI is InChI=1S/C16H28N2O3/c1-12-3-2-4-14(6-5-12)17-16(21)18-9-7-13(8-10-18)11-15(19)20/h12-14H,2-11H2,1H3,(H,17,21)(H,19,20). The van der Waals surface area contributed by atoms with Gasteiger partial charge in [0.05, 0.1) is 0 Å². The lowest BCUT2D eigenvalue weighted by Gasteiger charge is -2.32. The summed E-state index contributed by atoms with van der Waals surface area (Å²) < 4.78 is 0. The molecule has 2 atom stereocenters. The van der Waals surface area contributed by atoms with Crippen molar-refractivity contribution >= 4 is 12.0 Å². The van der Waals surface area contributed by atoms with E-state index in [2.05, 4.69) is 12.2 Å². The molecular formula is C16H28N2O3. The number of likely N-dealkylation sites (tertiary alicyclic amines) is 1. The third-order valence-electron chi connectivity index (χ3n) is 4.95. The summed E-state index contributed by atoms with van der Waals surface area (Å²) >= 11 is 0. The van der Waals surface area contributed by atoms with E-state index >= 15 is 0 Å². The van der Waals surface area contributed by atoms with Crippen molar-refractivity contribution in [2.24, 2.45) is 11.8 Å². The molecule has 1 saturated heterocycles. The second-order valence-electron chi connectivity index (χ2n) is 6.79. The maximum atomic E-state index is 12.3. The lowest BCUT2D eigenvalue weighted by atomic mass is 9.94. The normalized spacial score (nSPS) is 28.0. The predicted molar refractivity (Wildman–Crippen MR) is 81.1 cm³/mol. The number of hydrogen-bond donors (Lipinski definition) is 2. The average molecular weight is 296 g/mol. The Morgan fingerprint density at radius 2 is 1.81 bits per heavy atom. The Labute approximate surface area is 127 Å². The Hall–Kier alpha value is -1.26. The van der Waals surface area contributed by atoms with Gasteiger partial charge in [-0.05, 0) is 43.9 Å². The van der Waals surface area contributed by atoms with Gasteiger partial charge in [-0.25, -0.2) is 4.79 Å². The average Bonchev–Trinajstić information content (AvgIpc) is 2.64. The van der Waals surface area contributed by atoms with Gasteiger partial charge < -0.3 is 15.3 Å². The molecule has 0 aromatic heterocycles. The lowest BCUT2D eigenvalue weighted by Crippen LogP contribution is -2.48. The topological polar surface area (TPSA) is 69.6 Å². The molecule has 0 aromatic carbocycles. The van der Waals surface area contributed by atoms with Crippen LogP contribution in [-0.4, -0.2) is 41.1 Å². The fourth-order valence-corrected chi connectivity index (χ4v) is 3.48. The van der Waals surface area contributed by atoms with Gasteiger partial charge in [0, 0.05) is 25.6 Å². The van der Waals surface area contributed by atoms with E-state index in [0.29, 0.717) is 19.1 Å². The highest BCUT2D eigenvalue weighted by atomic mass is 16.4. The maximum absolute atomic E-state index is 12.3. The summed E-state index contributed by atoms with van der Waals surface area (Å²) in [6.45, 7) is 3.66. The van der Waals surface area contributed by atoms with Gasteiger partial charge >= 0.3 is 12.0 Å². The maximum Gasteiger partial charge on any atom is 0.317 e. The zero-order chi connectivity index (χ0) is 15.2.